The highest BCUT2D eigenvalue weighted by Gasteiger charge is 2.08. The first kappa shape index (κ1) is 17.2. The van der Waals surface area contributed by atoms with E-state index in [2.05, 4.69) is 29.5 Å². The molecule has 1 aromatic carbocycles. The summed E-state index contributed by atoms with van der Waals surface area (Å²) in [6.07, 6.45) is 4.01. The number of hydrogen-bond acceptors (Lipinski definition) is 3. The van der Waals surface area contributed by atoms with Gasteiger partial charge in [0.05, 0.1) is 22.5 Å². The van der Waals surface area contributed by atoms with Crippen LogP contribution in [-0.2, 0) is 0 Å². The summed E-state index contributed by atoms with van der Waals surface area (Å²) in [7, 11) is 0. The average Bonchev–Trinajstić information content (AvgIpc) is 2.51. The van der Waals surface area contributed by atoms with Gasteiger partial charge in [-0.1, -0.05) is 25.4 Å². The van der Waals surface area contributed by atoms with E-state index in [1.807, 2.05) is 0 Å². The zero-order chi connectivity index (χ0) is 16.8. The molecule has 0 unspecified atom stereocenters. The first-order valence-electron chi connectivity index (χ1n) is 7.41. The van der Waals surface area contributed by atoms with Gasteiger partial charge in [0, 0.05) is 18.4 Å². The van der Waals surface area contributed by atoms with E-state index in [0.29, 0.717) is 29.4 Å². The van der Waals surface area contributed by atoms with Crippen molar-refractivity contribution in [3.05, 3.63) is 53.1 Å². The fourth-order valence-corrected chi connectivity index (χ4v) is 2.13. The van der Waals surface area contributed by atoms with Gasteiger partial charge in [-0.15, -0.1) is 0 Å². The predicted molar refractivity (Wildman–Crippen MR) is 90.7 cm³/mol. The molecule has 4 nitrogen and oxygen atoms in total. The molecule has 6 heteroatoms. The minimum absolute atomic E-state index is 0.0329. The Kier molecular flexibility index (Phi) is 5.93. The number of hydrogen-bond donors (Lipinski definition) is 2. The molecule has 1 amide bonds. The molecule has 0 fully saturated rings. The van der Waals surface area contributed by atoms with E-state index in [-0.39, 0.29) is 10.9 Å². The summed E-state index contributed by atoms with van der Waals surface area (Å²) < 4.78 is 13.2. The first-order valence-corrected chi connectivity index (χ1v) is 7.79. The molecule has 0 atom stereocenters. The van der Waals surface area contributed by atoms with Crippen LogP contribution in [0.25, 0.3) is 0 Å². The van der Waals surface area contributed by atoms with Gasteiger partial charge in [-0.05, 0) is 36.6 Å². The van der Waals surface area contributed by atoms with Gasteiger partial charge < -0.3 is 10.6 Å². The summed E-state index contributed by atoms with van der Waals surface area (Å²) in [5, 5.41) is 5.94. The van der Waals surface area contributed by atoms with Crippen molar-refractivity contribution in [1.82, 2.24) is 10.3 Å². The minimum atomic E-state index is -0.478. The van der Waals surface area contributed by atoms with Crippen molar-refractivity contribution >= 4 is 28.9 Å². The number of nitrogens with zero attached hydrogens (tertiary/aromatic N) is 1. The van der Waals surface area contributed by atoms with Crippen LogP contribution in [0.15, 0.2) is 36.7 Å². The van der Waals surface area contributed by atoms with Crippen molar-refractivity contribution in [3.8, 4) is 0 Å². The van der Waals surface area contributed by atoms with Crippen molar-refractivity contribution in [2.45, 2.75) is 20.3 Å². The number of nitrogens with one attached hydrogen (secondary N) is 2. The number of pyridine rings is 1. The normalized spacial score (nSPS) is 10.7. The van der Waals surface area contributed by atoms with Crippen LogP contribution in [0.1, 0.15) is 30.6 Å². The molecule has 2 rings (SSSR count). The van der Waals surface area contributed by atoms with Crippen molar-refractivity contribution in [2.24, 2.45) is 5.92 Å². The number of carbonyl (C=O) groups excluding carboxylic acids is 1. The van der Waals surface area contributed by atoms with Gasteiger partial charge in [-0.3, -0.25) is 9.78 Å². The molecule has 122 valence electrons. The molecule has 2 aromatic rings. The first-order chi connectivity index (χ1) is 11.0. The van der Waals surface area contributed by atoms with Gasteiger partial charge in [-0.25, -0.2) is 4.39 Å². The van der Waals surface area contributed by atoms with Crippen LogP contribution in [0, 0.1) is 11.7 Å². The SMILES string of the molecule is CC(C)CCNC(=O)c1cncc(Nc2ccc(F)c(Cl)c2)c1. The highest BCUT2D eigenvalue weighted by atomic mass is 35.5. The Balaban J connectivity index is 2.04. The summed E-state index contributed by atoms with van der Waals surface area (Å²) in [4.78, 5) is 16.1. The maximum Gasteiger partial charge on any atom is 0.252 e. The van der Waals surface area contributed by atoms with Crippen molar-refractivity contribution in [3.63, 3.8) is 0 Å². The van der Waals surface area contributed by atoms with Gasteiger partial charge in [0.25, 0.3) is 5.91 Å². The number of benzene rings is 1. The molecule has 0 radical (unpaired) electrons. The quantitative estimate of drug-likeness (QED) is 0.823. The molecule has 23 heavy (non-hydrogen) atoms. The second-order valence-electron chi connectivity index (χ2n) is 5.65. The molecular formula is C17H19ClFN3O. The Morgan fingerprint density at radius 2 is 2.04 bits per heavy atom. The van der Waals surface area contributed by atoms with Crippen LogP contribution >= 0.6 is 11.6 Å². The molecule has 0 spiro atoms. The van der Waals surface area contributed by atoms with E-state index in [9.17, 15) is 9.18 Å². The molecule has 0 saturated heterocycles. The lowest BCUT2D eigenvalue weighted by atomic mass is 10.1. The summed E-state index contributed by atoms with van der Waals surface area (Å²) in [5.41, 5.74) is 1.71. The molecule has 0 bridgehead atoms. The lowest BCUT2D eigenvalue weighted by molar-refractivity contribution is 0.0951. The molecular weight excluding hydrogens is 317 g/mol. The molecule has 0 aliphatic rings. The average molecular weight is 336 g/mol. The third kappa shape index (κ3) is 5.21. The zero-order valence-corrected chi connectivity index (χ0v) is 13.8. The van der Waals surface area contributed by atoms with Crippen molar-refractivity contribution < 1.29 is 9.18 Å². The lowest BCUT2D eigenvalue weighted by Gasteiger charge is -2.10. The van der Waals surface area contributed by atoms with Crippen LogP contribution in [0.3, 0.4) is 0 Å². The molecule has 1 aromatic heterocycles. The number of anilines is 2. The predicted octanol–water partition coefficient (Wildman–Crippen LogP) is 4.39. The van der Waals surface area contributed by atoms with Gasteiger partial charge >= 0.3 is 0 Å². The fourth-order valence-electron chi connectivity index (χ4n) is 1.95. The standard InChI is InChI=1S/C17H19ClFN3O/c1-11(2)5-6-21-17(23)12-7-14(10-20-9-12)22-13-3-4-16(19)15(18)8-13/h3-4,7-11,22H,5-6H2,1-2H3,(H,21,23). The van der Waals surface area contributed by atoms with E-state index in [4.69, 9.17) is 11.6 Å². The van der Waals surface area contributed by atoms with Gasteiger partial charge in [0.1, 0.15) is 5.82 Å². The third-order valence-corrected chi connectivity index (χ3v) is 3.51. The number of carbonyl (C=O) groups is 1. The maximum atomic E-state index is 13.2. The summed E-state index contributed by atoms with van der Waals surface area (Å²) in [6, 6.07) is 6.01. The summed E-state index contributed by atoms with van der Waals surface area (Å²) in [5.74, 6) is -0.114. The van der Waals surface area contributed by atoms with Crippen LogP contribution in [0.2, 0.25) is 5.02 Å². The van der Waals surface area contributed by atoms with E-state index in [1.54, 1.807) is 18.3 Å². The number of amides is 1. The van der Waals surface area contributed by atoms with E-state index in [0.717, 1.165) is 6.42 Å². The second-order valence-corrected chi connectivity index (χ2v) is 6.06. The van der Waals surface area contributed by atoms with Crippen LogP contribution in [-0.4, -0.2) is 17.4 Å². The molecule has 0 saturated carbocycles. The smallest absolute Gasteiger partial charge is 0.252 e. The molecule has 0 aliphatic heterocycles. The lowest BCUT2D eigenvalue weighted by Crippen LogP contribution is -2.25. The fraction of sp³-hybridized carbons (Fsp3) is 0.294. The van der Waals surface area contributed by atoms with Gasteiger partial charge in [-0.2, -0.15) is 0 Å². The third-order valence-electron chi connectivity index (χ3n) is 3.22. The van der Waals surface area contributed by atoms with E-state index < -0.39 is 5.82 Å². The minimum Gasteiger partial charge on any atom is -0.354 e. The number of aromatic nitrogens is 1. The van der Waals surface area contributed by atoms with Crippen molar-refractivity contribution in [1.29, 1.82) is 0 Å². The van der Waals surface area contributed by atoms with Crippen LogP contribution in [0.4, 0.5) is 15.8 Å². The molecule has 2 N–H and O–H groups in total. The largest absolute Gasteiger partial charge is 0.354 e. The Bertz CT molecular complexity index is 691. The zero-order valence-electron chi connectivity index (χ0n) is 13.1. The van der Waals surface area contributed by atoms with E-state index >= 15 is 0 Å². The van der Waals surface area contributed by atoms with Gasteiger partial charge in [0.2, 0.25) is 0 Å². The van der Waals surface area contributed by atoms with E-state index in [1.165, 1.54) is 18.3 Å². The Labute approximate surface area is 140 Å². The van der Waals surface area contributed by atoms with Crippen LogP contribution in [0.5, 0.6) is 0 Å². The Morgan fingerprint density at radius 1 is 1.26 bits per heavy atom. The molecule has 0 aliphatic carbocycles. The Hall–Kier alpha value is -2.14. The summed E-state index contributed by atoms with van der Waals surface area (Å²) >= 11 is 5.75. The Morgan fingerprint density at radius 3 is 2.74 bits per heavy atom. The summed E-state index contributed by atoms with van der Waals surface area (Å²) in [6.45, 7) is 4.83. The topological polar surface area (TPSA) is 54.0 Å². The number of rotatable bonds is 6. The number of halogens is 2. The highest BCUT2D eigenvalue weighted by molar-refractivity contribution is 6.31. The second kappa shape index (κ2) is 7.92. The van der Waals surface area contributed by atoms with Crippen molar-refractivity contribution in [2.75, 3.05) is 11.9 Å². The van der Waals surface area contributed by atoms with Gasteiger partial charge in [0.15, 0.2) is 0 Å². The highest BCUT2D eigenvalue weighted by Crippen LogP contribution is 2.22. The monoisotopic (exact) mass is 335 g/mol. The van der Waals surface area contributed by atoms with Crippen LogP contribution < -0.4 is 10.6 Å². The molecule has 1 heterocycles. The maximum absolute atomic E-state index is 13.2.